The van der Waals surface area contributed by atoms with E-state index in [0.717, 1.165) is 25.8 Å². The van der Waals surface area contributed by atoms with E-state index in [1.807, 2.05) is 6.92 Å². The van der Waals surface area contributed by atoms with Crippen molar-refractivity contribution < 1.29 is 17.2 Å². The van der Waals surface area contributed by atoms with Crippen molar-refractivity contribution in [3.05, 3.63) is 22.4 Å². The van der Waals surface area contributed by atoms with Crippen LogP contribution in [0.2, 0.25) is 5.15 Å². The number of pyridine rings is 1. The van der Waals surface area contributed by atoms with E-state index in [2.05, 4.69) is 30.1 Å². The second kappa shape index (κ2) is 7.28. The smallest absolute Gasteiger partial charge is 0.291 e. The third kappa shape index (κ3) is 3.60. The van der Waals surface area contributed by atoms with Gasteiger partial charge in [0.25, 0.3) is 6.43 Å². The number of rotatable bonds is 6. The number of hydrogen-bond acceptors (Lipinski definition) is 8. The first-order valence-corrected chi connectivity index (χ1v) is 13.2. The summed E-state index contributed by atoms with van der Waals surface area (Å²) in [7, 11) is -3.85. The van der Waals surface area contributed by atoms with E-state index < -0.39 is 27.0 Å². The number of piperazine rings is 1. The van der Waals surface area contributed by atoms with Gasteiger partial charge in [-0.05, 0) is 32.3 Å². The topological polar surface area (TPSA) is 105 Å². The van der Waals surface area contributed by atoms with Crippen molar-refractivity contribution in [2.45, 2.75) is 55.1 Å². The highest BCUT2D eigenvalue weighted by Gasteiger charge is 2.43. The lowest BCUT2D eigenvalue weighted by molar-refractivity contribution is 0.150. The van der Waals surface area contributed by atoms with Crippen molar-refractivity contribution in [2.24, 2.45) is 0 Å². The predicted molar refractivity (Wildman–Crippen MR) is 120 cm³/mol. The second-order valence-corrected chi connectivity index (χ2v) is 12.1. The number of sulfonamides is 1. The van der Waals surface area contributed by atoms with Gasteiger partial charge in [0.15, 0.2) is 21.0 Å². The molecule has 3 fully saturated rings. The van der Waals surface area contributed by atoms with Crippen LogP contribution >= 0.6 is 22.9 Å². The largest absolute Gasteiger partial charge is 0.364 e. The highest BCUT2D eigenvalue weighted by atomic mass is 35.5. The van der Waals surface area contributed by atoms with Gasteiger partial charge in [-0.15, -0.1) is 10.2 Å². The molecule has 1 saturated carbocycles. The minimum atomic E-state index is -3.85. The molecule has 6 rings (SSSR count). The zero-order chi connectivity index (χ0) is 23.1. The number of halogens is 3. The Bertz CT molecular complexity index is 1370. The Morgan fingerprint density at radius 1 is 1.36 bits per heavy atom. The van der Waals surface area contributed by atoms with E-state index in [1.54, 1.807) is 6.07 Å². The maximum atomic E-state index is 13.3. The number of fused-ring (bicyclic) bond motifs is 3. The molecule has 0 aromatic carbocycles. The molecule has 0 amide bonds. The Morgan fingerprint density at radius 3 is 2.76 bits per heavy atom. The molecule has 2 bridgehead atoms. The van der Waals surface area contributed by atoms with Gasteiger partial charge in [0, 0.05) is 36.9 Å². The molecule has 0 radical (unpaired) electrons. The van der Waals surface area contributed by atoms with Crippen LogP contribution in [-0.4, -0.2) is 58.7 Å². The first kappa shape index (κ1) is 21.6. The number of imidazole rings is 1. The second-order valence-electron chi connectivity index (χ2n) is 9.07. The number of alkyl halides is 2. The molecule has 5 heterocycles. The summed E-state index contributed by atoms with van der Waals surface area (Å²) in [4.78, 5) is 6.58. The van der Waals surface area contributed by atoms with E-state index in [9.17, 15) is 17.2 Å². The predicted octanol–water partition coefficient (Wildman–Crippen LogP) is 2.83. The van der Waals surface area contributed by atoms with E-state index in [-0.39, 0.29) is 26.9 Å². The Morgan fingerprint density at radius 2 is 2.15 bits per heavy atom. The molecule has 176 valence electrons. The van der Waals surface area contributed by atoms with Crippen molar-refractivity contribution >= 4 is 44.2 Å². The Balaban J connectivity index is 1.55. The van der Waals surface area contributed by atoms with Crippen LogP contribution in [0.1, 0.15) is 37.6 Å². The van der Waals surface area contributed by atoms with Gasteiger partial charge >= 0.3 is 0 Å². The van der Waals surface area contributed by atoms with E-state index >= 15 is 0 Å². The van der Waals surface area contributed by atoms with E-state index in [4.69, 9.17) is 11.6 Å². The molecule has 3 aromatic rings. The van der Waals surface area contributed by atoms with E-state index in [0.29, 0.717) is 35.1 Å². The van der Waals surface area contributed by atoms with Crippen LogP contribution in [0.5, 0.6) is 0 Å². The molecule has 2 atom stereocenters. The molecular weight excluding hydrogens is 496 g/mol. The van der Waals surface area contributed by atoms with Crippen LogP contribution in [-0.2, 0) is 10.0 Å². The Hall–Kier alpha value is -1.93. The van der Waals surface area contributed by atoms with Crippen LogP contribution in [0.15, 0.2) is 17.2 Å². The van der Waals surface area contributed by atoms with Crippen molar-refractivity contribution in [1.29, 1.82) is 0 Å². The van der Waals surface area contributed by atoms with Crippen LogP contribution in [0.25, 0.3) is 16.3 Å². The molecule has 33 heavy (non-hydrogen) atoms. The first-order valence-electron chi connectivity index (χ1n) is 10.5. The molecule has 3 aliphatic rings. The highest BCUT2D eigenvalue weighted by molar-refractivity contribution is 7.89. The van der Waals surface area contributed by atoms with Gasteiger partial charge in [0.05, 0.1) is 5.69 Å². The summed E-state index contributed by atoms with van der Waals surface area (Å²) in [5.74, 6) is 0.179. The molecule has 2 aliphatic heterocycles. The minimum Gasteiger partial charge on any atom is -0.364 e. The number of hydrogen-bond donors (Lipinski definition) is 2. The van der Waals surface area contributed by atoms with Crippen LogP contribution < -0.4 is 14.9 Å². The van der Waals surface area contributed by atoms with Crippen molar-refractivity contribution in [3.63, 3.8) is 0 Å². The lowest BCUT2D eigenvalue weighted by atomic mass is 10.2. The zero-order valence-electron chi connectivity index (χ0n) is 17.4. The summed E-state index contributed by atoms with van der Waals surface area (Å²) < 4.78 is 57.1. The molecule has 2 N–H and O–H groups in total. The van der Waals surface area contributed by atoms with Crippen molar-refractivity contribution in [2.75, 3.05) is 18.0 Å². The first-order chi connectivity index (χ1) is 15.6. The molecule has 1 aliphatic carbocycles. The monoisotopic (exact) mass is 515 g/mol. The molecule has 9 nitrogen and oxygen atoms in total. The fraction of sp³-hybridized carbons (Fsp3) is 0.526. The fourth-order valence-corrected chi connectivity index (χ4v) is 7.02. The summed E-state index contributed by atoms with van der Waals surface area (Å²) >= 11 is 7.24. The van der Waals surface area contributed by atoms with Gasteiger partial charge in [0.2, 0.25) is 10.0 Å². The molecular formula is C19H20ClF2N7O2S2. The standard InChI is InChI=1S/C19H20ClF2N7O2S2/c1-19(2-3-19)27-33(30,31)11-5-12(28-7-9-4-10(28)6-23-9)13-14(20)24-16(29(13)8-11)18-26-25-17(32-18)15(21)22/h5,8-10,15,23,27H,2-4,6-7H2,1H3. The molecule has 2 saturated heterocycles. The van der Waals surface area contributed by atoms with Crippen molar-refractivity contribution in [1.82, 2.24) is 29.6 Å². The highest BCUT2D eigenvalue weighted by Crippen LogP contribution is 2.41. The normalized spacial score (nSPS) is 23.8. The molecule has 0 spiro atoms. The maximum Gasteiger partial charge on any atom is 0.291 e. The molecule has 14 heteroatoms. The summed E-state index contributed by atoms with van der Waals surface area (Å²) in [5.41, 5.74) is 0.713. The average molecular weight is 516 g/mol. The number of anilines is 1. The fourth-order valence-electron chi connectivity index (χ4n) is 4.59. The molecule has 3 aromatic heterocycles. The third-order valence-electron chi connectivity index (χ3n) is 6.52. The van der Waals surface area contributed by atoms with Gasteiger partial charge < -0.3 is 10.2 Å². The zero-order valence-corrected chi connectivity index (χ0v) is 19.8. The number of nitrogens with one attached hydrogen (secondary N) is 2. The summed E-state index contributed by atoms with van der Waals surface area (Å²) in [6.07, 6.45) is 1.16. The van der Waals surface area contributed by atoms with Crippen LogP contribution in [0, 0.1) is 0 Å². The Labute approximate surface area is 197 Å². The van der Waals surface area contributed by atoms with Gasteiger partial charge in [-0.2, -0.15) is 0 Å². The van der Waals surface area contributed by atoms with Gasteiger partial charge in [-0.3, -0.25) is 4.40 Å². The summed E-state index contributed by atoms with van der Waals surface area (Å²) in [5, 5.41) is 10.7. The van der Waals surface area contributed by atoms with Gasteiger partial charge in [-0.25, -0.2) is 26.9 Å². The van der Waals surface area contributed by atoms with Crippen molar-refractivity contribution in [3.8, 4) is 10.8 Å². The molecule has 2 unspecified atom stereocenters. The SMILES string of the molecule is CC1(NS(=O)(=O)c2cc(N3CC4CC3CN4)c3c(Cl)nc(-c4nnc(C(F)F)s4)n3c2)CC1. The number of aromatic nitrogens is 4. The lowest BCUT2D eigenvalue weighted by Crippen LogP contribution is -2.44. The average Bonchev–Trinajstić information content (AvgIpc) is 3.27. The summed E-state index contributed by atoms with van der Waals surface area (Å²) in [6, 6.07) is 2.15. The van der Waals surface area contributed by atoms with Crippen LogP contribution in [0.4, 0.5) is 14.5 Å². The third-order valence-corrected chi connectivity index (χ3v) is 9.32. The Kier molecular flexibility index (Phi) is 4.77. The number of nitrogens with zero attached hydrogens (tertiary/aromatic N) is 5. The van der Waals surface area contributed by atoms with Crippen LogP contribution in [0.3, 0.4) is 0 Å². The lowest BCUT2D eigenvalue weighted by Gasteiger charge is -2.30. The maximum absolute atomic E-state index is 13.3. The van der Waals surface area contributed by atoms with E-state index in [1.165, 1.54) is 10.6 Å². The van der Waals surface area contributed by atoms with Gasteiger partial charge in [-0.1, -0.05) is 22.9 Å². The van der Waals surface area contributed by atoms with Gasteiger partial charge in [0.1, 0.15) is 10.4 Å². The summed E-state index contributed by atoms with van der Waals surface area (Å²) in [6.45, 7) is 3.36. The quantitative estimate of drug-likeness (QED) is 0.520. The minimum absolute atomic E-state index is 0.0581.